The molecule has 35 heavy (non-hydrogen) atoms. The van der Waals surface area contributed by atoms with Crippen LogP contribution in [0.15, 0.2) is 67.6 Å². The Labute approximate surface area is 211 Å². The minimum absolute atomic E-state index is 0.0500. The molecule has 2 aromatic carbocycles. The molecule has 0 aliphatic heterocycles. The van der Waals surface area contributed by atoms with Crippen LogP contribution in [-0.2, 0) is 21.2 Å². The van der Waals surface area contributed by atoms with Gasteiger partial charge in [-0.2, -0.15) is 10.2 Å². The first-order valence-electron chi connectivity index (χ1n) is 11.1. The van der Waals surface area contributed by atoms with Crippen LogP contribution in [0.3, 0.4) is 0 Å². The van der Waals surface area contributed by atoms with E-state index in [1.165, 1.54) is 16.7 Å². The van der Waals surface area contributed by atoms with Gasteiger partial charge in [-0.1, -0.05) is 28.1 Å². The molecule has 1 atom stereocenters. The Bertz CT molecular complexity index is 1460. The standard InChI is InChI=1S/C25H24BrN3O5S/c1-15(2)34-14-21-28-24(30)23(35(32,33)20-10-8-19(26)9-11-20)25(31)29(21)22(17-6-7-17)18-5-3-4-16(12-18)13-27/h3-5,8-12,15,17,22,30H,6-7,14H2,1-2H3. The largest absolute Gasteiger partial charge is 0.492 e. The molecule has 0 radical (unpaired) electrons. The Morgan fingerprint density at radius 2 is 1.91 bits per heavy atom. The number of nitriles is 1. The van der Waals surface area contributed by atoms with Crippen molar-refractivity contribution in [1.82, 2.24) is 9.55 Å². The summed E-state index contributed by atoms with van der Waals surface area (Å²) < 4.78 is 34.6. The van der Waals surface area contributed by atoms with Crippen LogP contribution in [0.2, 0.25) is 0 Å². The third-order valence-corrected chi connectivity index (χ3v) is 8.09. The van der Waals surface area contributed by atoms with E-state index in [1.807, 2.05) is 13.8 Å². The summed E-state index contributed by atoms with van der Waals surface area (Å²) in [5.41, 5.74) is 0.247. The number of aromatic hydroxyl groups is 1. The average molecular weight is 558 g/mol. The van der Waals surface area contributed by atoms with Gasteiger partial charge in [-0.05, 0) is 74.6 Å². The van der Waals surface area contributed by atoms with E-state index in [1.54, 1.807) is 36.4 Å². The number of rotatable bonds is 8. The minimum atomic E-state index is -4.38. The van der Waals surface area contributed by atoms with E-state index in [-0.39, 0.29) is 29.3 Å². The van der Waals surface area contributed by atoms with Crippen molar-refractivity contribution >= 4 is 25.8 Å². The fourth-order valence-corrected chi connectivity index (χ4v) is 5.59. The van der Waals surface area contributed by atoms with Crippen LogP contribution in [-0.4, -0.2) is 29.2 Å². The monoisotopic (exact) mass is 557 g/mol. The van der Waals surface area contributed by atoms with Crippen molar-refractivity contribution in [2.24, 2.45) is 5.92 Å². The Balaban J connectivity index is 1.97. The summed E-state index contributed by atoms with van der Waals surface area (Å²) in [7, 11) is -4.38. The molecule has 1 saturated carbocycles. The van der Waals surface area contributed by atoms with Crippen LogP contribution in [0.5, 0.6) is 5.88 Å². The molecule has 1 N–H and O–H groups in total. The second kappa shape index (κ2) is 9.93. The summed E-state index contributed by atoms with van der Waals surface area (Å²) in [6, 6.07) is 14.2. The number of hydrogen-bond donors (Lipinski definition) is 1. The van der Waals surface area contributed by atoms with Gasteiger partial charge in [0.25, 0.3) is 5.56 Å². The van der Waals surface area contributed by atoms with Gasteiger partial charge in [-0.15, -0.1) is 0 Å². The lowest BCUT2D eigenvalue weighted by Crippen LogP contribution is -2.35. The summed E-state index contributed by atoms with van der Waals surface area (Å²) in [6.45, 7) is 3.55. The molecule has 1 aromatic heterocycles. The van der Waals surface area contributed by atoms with Gasteiger partial charge in [0, 0.05) is 4.47 Å². The molecular weight excluding hydrogens is 534 g/mol. The molecule has 0 spiro atoms. The number of benzene rings is 2. The normalized spacial score (nSPS) is 14.6. The number of ether oxygens (including phenoxy) is 1. The third kappa shape index (κ3) is 5.17. The number of halogens is 1. The maximum Gasteiger partial charge on any atom is 0.277 e. The van der Waals surface area contributed by atoms with Gasteiger partial charge in [-0.3, -0.25) is 9.36 Å². The van der Waals surface area contributed by atoms with Gasteiger partial charge in [-0.25, -0.2) is 8.42 Å². The average Bonchev–Trinajstić information content (AvgIpc) is 3.65. The van der Waals surface area contributed by atoms with Gasteiger partial charge in [0.2, 0.25) is 15.7 Å². The van der Waals surface area contributed by atoms with E-state index in [2.05, 4.69) is 27.0 Å². The van der Waals surface area contributed by atoms with E-state index in [9.17, 15) is 23.6 Å². The van der Waals surface area contributed by atoms with E-state index >= 15 is 0 Å². The number of nitrogens with zero attached hydrogens (tertiary/aromatic N) is 3. The quantitative estimate of drug-likeness (QED) is 0.437. The Kier molecular flexibility index (Phi) is 7.12. The van der Waals surface area contributed by atoms with Crippen LogP contribution in [0.25, 0.3) is 0 Å². The molecular formula is C25H24BrN3O5S. The summed E-state index contributed by atoms with van der Waals surface area (Å²) in [5.74, 6) is -0.693. The summed E-state index contributed by atoms with van der Waals surface area (Å²) >= 11 is 3.27. The van der Waals surface area contributed by atoms with E-state index < -0.39 is 32.2 Å². The number of hydrogen-bond acceptors (Lipinski definition) is 7. The summed E-state index contributed by atoms with van der Waals surface area (Å²) in [6.07, 6.45) is 1.47. The second-order valence-corrected chi connectivity index (χ2v) is 11.5. The van der Waals surface area contributed by atoms with Gasteiger partial charge in [0.15, 0.2) is 4.90 Å². The number of sulfone groups is 1. The third-order valence-electron chi connectivity index (χ3n) is 5.77. The lowest BCUT2D eigenvalue weighted by atomic mass is 9.99. The fraction of sp³-hybridized carbons (Fsp3) is 0.320. The smallest absolute Gasteiger partial charge is 0.277 e. The molecule has 8 nitrogen and oxygen atoms in total. The molecule has 1 aliphatic carbocycles. The molecule has 0 saturated heterocycles. The molecule has 4 rings (SSSR count). The van der Waals surface area contributed by atoms with Gasteiger partial charge in [0.1, 0.15) is 12.4 Å². The zero-order valence-corrected chi connectivity index (χ0v) is 21.6. The first-order valence-corrected chi connectivity index (χ1v) is 13.4. The molecule has 1 fully saturated rings. The van der Waals surface area contributed by atoms with Crippen LogP contribution >= 0.6 is 15.9 Å². The van der Waals surface area contributed by atoms with E-state index in [0.717, 1.165) is 12.8 Å². The Morgan fingerprint density at radius 1 is 1.23 bits per heavy atom. The minimum Gasteiger partial charge on any atom is -0.492 e. The van der Waals surface area contributed by atoms with Gasteiger partial charge >= 0.3 is 0 Å². The predicted molar refractivity (Wildman–Crippen MR) is 132 cm³/mol. The summed E-state index contributed by atoms with van der Waals surface area (Å²) in [4.78, 5) is 17.1. The molecule has 182 valence electrons. The predicted octanol–water partition coefficient (Wildman–Crippen LogP) is 4.34. The lowest BCUT2D eigenvalue weighted by molar-refractivity contribution is 0.0571. The zero-order valence-electron chi connectivity index (χ0n) is 19.2. The molecule has 10 heteroatoms. The molecule has 1 heterocycles. The van der Waals surface area contributed by atoms with Crippen molar-refractivity contribution in [3.8, 4) is 11.9 Å². The second-order valence-electron chi connectivity index (χ2n) is 8.69. The van der Waals surface area contributed by atoms with Crippen molar-refractivity contribution in [3.05, 3.63) is 80.3 Å². The van der Waals surface area contributed by atoms with Crippen molar-refractivity contribution in [2.75, 3.05) is 0 Å². The van der Waals surface area contributed by atoms with Gasteiger partial charge in [0.05, 0.1) is 28.7 Å². The highest BCUT2D eigenvalue weighted by molar-refractivity contribution is 9.10. The first kappa shape index (κ1) is 25.1. The zero-order chi connectivity index (χ0) is 25.3. The van der Waals surface area contributed by atoms with Crippen LogP contribution in [0.4, 0.5) is 0 Å². The highest BCUT2D eigenvalue weighted by atomic mass is 79.9. The van der Waals surface area contributed by atoms with Crippen molar-refractivity contribution < 1.29 is 18.3 Å². The Morgan fingerprint density at radius 3 is 2.51 bits per heavy atom. The molecule has 3 aromatic rings. The SMILES string of the molecule is CC(C)OCc1nc(O)c(S(=O)(=O)c2ccc(Br)cc2)c(=O)n1C(c1cccc(C#N)c1)C1CC1. The van der Waals surface area contributed by atoms with Gasteiger partial charge < -0.3 is 9.84 Å². The van der Waals surface area contributed by atoms with Crippen molar-refractivity contribution in [3.63, 3.8) is 0 Å². The highest BCUT2D eigenvalue weighted by Gasteiger charge is 2.38. The highest BCUT2D eigenvalue weighted by Crippen LogP contribution is 2.44. The van der Waals surface area contributed by atoms with Crippen LogP contribution < -0.4 is 5.56 Å². The first-order chi connectivity index (χ1) is 16.6. The maximum atomic E-state index is 13.9. The summed E-state index contributed by atoms with van der Waals surface area (Å²) in [5, 5.41) is 20.1. The maximum absolute atomic E-state index is 13.9. The van der Waals surface area contributed by atoms with Crippen LogP contribution in [0.1, 0.15) is 49.7 Å². The lowest BCUT2D eigenvalue weighted by Gasteiger charge is -2.25. The van der Waals surface area contributed by atoms with E-state index in [4.69, 9.17) is 4.74 Å². The molecule has 0 bridgehead atoms. The fourth-order valence-electron chi connectivity index (χ4n) is 3.98. The van der Waals surface area contributed by atoms with Crippen LogP contribution in [0, 0.1) is 17.2 Å². The molecule has 1 unspecified atom stereocenters. The van der Waals surface area contributed by atoms with E-state index in [0.29, 0.717) is 15.6 Å². The van der Waals surface area contributed by atoms with Crippen molar-refractivity contribution in [1.29, 1.82) is 5.26 Å². The number of aromatic nitrogens is 2. The Hall–Kier alpha value is -3.00. The molecule has 0 amide bonds. The topological polar surface area (TPSA) is 122 Å². The molecule has 1 aliphatic rings. The van der Waals surface area contributed by atoms with Crippen molar-refractivity contribution in [2.45, 2.75) is 55.2 Å².